The molecule has 0 aliphatic carbocycles. The predicted molar refractivity (Wildman–Crippen MR) is 43.2 cm³/mol. The van der Waals surface area contributed by atoms with Crippen molar-refractivity contribution in [2.75, 3.05) is 0 Å². The minimum atomic E-state index is 0.00806. The third-order valence-corrected chi connectivity index (χ3v) is 1.48. The Morgan fingerprint density at radius 1 is 1.73 bits per heavy atom. The fourth-order valence-electron chi connectivity index (χ4n) is 0.700. The van der Waals surface area contributed by atoms with Gasteiger partial charge in [0.1, 0.15) is 5.69 Å². The smallest absolute Gasteiger partial charge is 0.193 e. The molecule has 4 heteroatoms. The number of nitrogens with zero attached hydrogens (tertiary/aromatic N) is 2. The van der Waals surface area contributed by atoms with Gasteiger partial charge in [-0.1, -0.05) is 16.8 Å². The Labute approximate surface area is 69.3 Å². The summed E-state index contributed by atoms with van der Waals surface area (Å²) in [6.07, 6.45) is 1.61. The van der Waals surface area contributed by atoms with Crippen molar-refractivity contribution >= 4 is 16.8 Å². The summed E-state index contributed by atoms with van der Waals surface area (Å²) in [5.41, 5.74) is 1.51. The zero-order valence-electron chi connectivity index (χ0n) is 5.95. The molecule has 3 nitrogen and oxygen atoms in total. The molecule has 0 atom stereocenters. The molecule has 0 bridgehead atoms. The van der Waals surface area contributed by atoms with Gasteiger partial charge in [0.15, 0.2) is 5.17 Å². The van der Waals surface area contributed by atoms with Crippen LogP contribution in [0.4, 0.5) is 0 Å². The van der Waals surface area contributed by atoms with E-state index < -0.39 is 0 Å². The van der Waals surface area contributed by atoms with E-state index in [2.05, 4.69) is 10.1 Å². The molecule has 0 aliphatic rings. The van der Waals surface area contributed by atoms with Gasteiger partial charge in [0, 0.05) is 6.20 Å². The van der Waals surface area contributed by atoms with Crippen LogP contribution in [0.5, 0.6) is 0 Å². The largest absolute Gasteiger partial charge is 0.410 e. The standard InChI is InChI=1S/C7H7ClN2O/c1-5-2-3-9-6(4-5)7(8)10-11/h2-4,11H,1H3. The summed E-state index contributed by atoms with van der Waals surface area (Å²) in [4.78, 5) is 3.89. The van der Waals surface area contributed by atoms with Crippen molar-refractivity contribution < 1.29 is 5.21 Å². The molecule has 0 aliphatic heterocycles. The fraction of sp³-hybridized carbons (Fsp3) is 0.143. The Kier molecular flexibility index (Phi) is 2.44. The number of pyridine rings is 1. The summed E-state index contributed by atoms with van der Waals surface area (Å²) >= 11 is 5.50. The van der Waals surface area contributed by atoms with Gasteiger partial charge < -0.3 is 5.21 Å². The van der Waals surface area contributed by atoms with E-state index in [1.807, 2.05) is 13.0 Å². The van der Waals surface area contributed by atoms with Gasteiger partial charge >= 0.3 is 0 Å². The highest BCUT2D eigenvalue weighted by Gasteiger charge is 2.00. The van der Waals surface area contributed by atoms with Crippen LogP contribution < -0.4 is 0 Å². The highest BCUT2D eigenvalue weighted by Crippen LogP contribution is 2.03. The van der Waals surface area contributed by atoms with Crippen molar-refractivity contribution in [1.29, 1.82) is 0 Å². The number of aromatic nitrogens is 1. The molecule has 1 aromatic rings. The molecule has 11 heavy (non-hydrogen) atoms. The Morgan fingerprint density at radius 2 is 2.45 bits per heavy atom. The number of hydrogen-bond acceptors (Lipinski definition) is 3. The minimum absolute atomic E-state index is 0.00806. The first-order valence-electron chi connectivity index (χ1n) is 3.04. The summed E-state index contributed by atoms with van der Waals surface area (Å²) < 4.78 is 0. The first-order valence-corrected chi connectivity index (χ1v) is 3.42. The lowest BCUT2D eigenvalue weighted by Crippen LogP contribution is -1.95. The highest BCUT2D eigenvalue weighted by atomic mass is 35.5. The van der Waals surface area contributed by atoms with Crippen LogP contribution in [0.25, 0.3) is 0 Å². The van der Waals surface area contributed by atoms with Crippen molar-refractivity contribution in [3.05, 3.63) is 29.6 Å². The molecule has 1 heterocycles. The molecule has 1 rings (SSSR count). The fourth-order valence-corrected chi connectivity index (χ4v) is 0.804. The average Bonchev–Trinajstić information content (AvgIpc) is 2.03. The zero-order valence-corrected chi connectivity index (χ0v) is 6.71. The molecule has 0 saturated heterocycles. The van der Waals surface area contributed by atoms with Crippen molar-refractivity contribution in [1.82, 2.24) is 4.98 Å². The Morgan fingerprint density at radius 3 is 3.00 bits per heavy atom. The Bertz CT molecular complexity index is 286. The number of halogens is 1. The average molecular weight is 171 g/mol. The maximum absolute atomic E-state index is 8.30. The second-order valence-electron chi connectivity index (χ2n) is 2.11. The van der Waals surface area contributed by atoms with E-state index in [0.717, 1.165) is 5.56 Å². The number of rotatable bonds is 1. The van der Waals surface area contributed by atoms with Crippen LogP contribution in [-0.2, 0) is 0 Å². The molecule has 0 aromatic carbocycles. The molecule has 1 N–H and O–H groups in total. The summed E-state index contributed by atoms with van der Waals surface area (Å²) in [7, 11) is 0. The highest BCUT2D eigenvalue weighted by molar-refractivity contribution is 6.69. The molecule has 1 aromatic heterocycles. The third kappa shape index (κ3) is 1.91. The van der Waals surface area contributed by atoms with E-state index in [-0.39, 0.29) is 5.17 Å². The summed E-state index contributed by atoms with van der Waals surface area (Å²) in [6, 6.07) is 3.58. The topological polar surface area (TPSA) is 45.5 Å². The van der Waals surface area contributed by atoms with Crippen LogP contribution in [0.3, 0.4) is 0 Å². The Hall–Kier alpha value is -1.09. The lowest BCUT2D eigenvalue weighted by molar-refractivity contribution is 0.320. The van der Waals surface area contributed by atoms with Crippen LogP contribution in [-0.4, -0.2) is 15.4 Å². The quantitative estimate of drug-likeness (QED) is 0.397. The minimum Gasteiger partial charge on any atom is -0.410 e. The van der Waals surface area contributed by atoms with Gasteiger partial charge in [-0.25, -0.2) is 0 Å². The summed E-state index contributed by atoms with van der Waals surface area (Å²) in [5.74, 6) is 0. The SMILES string of the molecule is Cc1ccnc(C(Cl)=NO)c1. The molecule has 0 radical (unpaired) electrons. The van der Waals surface area contributed by atoms with E-state index in [1.165, 1.54) is 0 Å². The molecule has 58 valence electrons. The van der Waals surface area contributed by atoms with Crippen molar-refractivity contribution in [2.24, 2.45) is 5.16 Å². The normalized spacial score (nSPS) is 11.6. The van der Waals surface area contributed by atoms with Gasteiger partial charge in [-0.3, -0.25) is 4.98 Å². The van der Waals surface area contributed by atoms with Gasteiger partial charge in [-0.2, -0.15) is 0 Å². The summed E-state index contributed by atoms with van der Waals surface area (Å²) in [6.45, 7) is 1.91. The van der Waals surface area contributed by atoms with Gasteiger partial charge in [-0.05, 0) is 24.6 Å². The Balaban J connectivity index is 3.06. The maximum Gasteiger partial charge on any atom is 0.193 e. The van der Waals surface area contributed by atoms with Crippen molar-refractivity contribution in [3.63, 3.8) is 0 Å². The molecular formula is C7H7ClN2O. The van der Waals surface area contributed by atoms with Gasteiger partial charge in [0.05, 0.1) is 0 Å². The number of hydrogen-bond donors (Lipinski definition) is 1. The lowest BCUT2D eigenvalue weighted by Gasteiger charge is -1.95. The molecule has 0 unspecified atom stereocenters. The molecule has 0 spiro atoms. The number of aryl methyl sites for hydroxylation is 1. The first kappa shape index (κ1) is 8.01. The van der Waals surface area contributed by atoms with Crippen molar-refractivity contribution in [2.45, 2.75) is 6.92 Å². The van der Waals surface area contributed by atoms with Crippen LogP contribution in [0, 0.1) is 6.92 Å². The third-order valence-electron chi connectivity index (χ3n) is 1.21. The van der Waals surface area contributed by atoms with Gasteiger partial charge in [-0.15, -0.1) is 0 Å². The maximum atomic E-state index is 8.30. The molecule has 0 fully saturated rings. The van der Waals surface area contributed by atoms with Crippen molar-refractivity contribution in [3.8, 4) is 0 Å². The molecular weight excluding hydrogens is 164 g/mol. The second kappa shape index (κ2) is 3.34. The van der Waals surface area contributed by atoms with E-state index in [0.29, 0.717) is 5.69 Å². The van der Waals surface area contributed by atoms with Gasteiger partial charge in [0.2, 0.25) is 0 Å². The van der Waals surface area contributed by atoms with Crippen LogP contribution in [0.1, 0.15) is 11.3 Å². The molecule has 0 amide bonds. The van der Waals surface area contributed by atoms with Crippen LogP contribution in [0.15, 0.2) is 23.5 Å². The van der Waals surface area contributed by atoms with E-state index in [9.17, 15) is 0 Å². The summed E-state index contributed by atoms with van der Waals surface area (Å²) in [5, 5.41) is 11.1. The lowest BCUT2D eigenvalue weighted by atomic mass is 10.2. The van der Waals surface area contributed by atoms with Crippen LogP contribution in [0.2, 0.25) is 0 Å². The van der Waals surface area contributed by atoms with E-state index in [1.54, 1.807) is 12.3 Å². The second-order valence-corrected chi connectivity index (χ2v) is 2.47. The monoisotopic (exact) mass is 170 g/mol. The molecule has 0 saturated carbocycles. The first-order chi connectivity index (χ1) is 5.24. The van der Waals surface area contributed by atoms with Crippen LogP contribution >= 0.6 is 11.6 Å². The van der Waals surface area contributed by atoms with E-state index in [4.69, 9.17) is 16.8 Å². The van der Waals surface area contributed by atoms with E-state index >= 15 is 0 Å². The predicted octanol–water partition coefficient (Wildman–Crippen LogP) is 1.76. The number of oxime groups is 1. The zero-order chi connectivity index (χ0) is 8.27. The van der Waals surface area contributed by atoms with Gasteiger partial charge in [0.25, 0.3) is 0 Å².